The first kappa shape index (κ1) is 38.9. The van der Waals surface area contributed by atoms with E-state index in [1.54, 1.807) is 12.0 Å². The number of amides is 2. The molecule has 1 unspecified atom stereocenters. The lowest BCUT2D eigenvalue weighted by atomic mass is 10.2. The molecule has 8 heteroatoms. The third-order valence-electron chi connectivity index (χ3n) is 5.15. The van der Waals surface area contributed by atoms with Crippen molar-refractivity contribution in [3.05, 3.63) is 60.4 Å². The molecule has 8 nitrogen and oxygen atoms in total. The Bertz CT molecular complexity index is 907. The summed E-state index contributed by atoms with van der Waals surface area (Å²) in [6, 6.07) is 7.02. The van der Waals surface area contributed by atoms with Crippen LogP contribution in [0.2, 0.25) is 0 Å². The number of nitrogens with one attached hydrogen (secondary N) is 1. The number of likely N-dealkylation sites (N-methyl/N-ethyl adjacent to an activating group) is 1. The molecule has 0 aliphatic carbocycles. The Morgan fingerprint density at radius 3 is 2.35 bits per heavy atom. The van der Waals surface area contributed by atoms with E-state index >= 15 is 0 Å². The molecule has 228 valence electrons. The highest BCUT2D eigenvalue weighted by Gasteiger charge is 2.32. The third kappa shape index (κ3) is 18.1. The van der Waals surface area contributed by atoms with E-state index in [9.17, 15) is 9.59 Å². The summed E-state index contributed by atoms with van der Waals surface area (Å²) < 4.78 is 10.7. The predicted octanol–water partition coefficient (Wildman–Crippen LogP) is 5.87. The van der Waals surface area contributed by atoms with Crippen molar-refractivity contribution >= 4 is 17.5 Å². The maximum atomic E-state index is 12.3. The number of benzene rings is 1. The van der Waals surface area contributed by atoms with Gasteiger partial charge >= 0.3 is 0 Å². The van der Waals surface area contributed by atoms with Crippen LogP contribution in [0.15, 0.2) is 60.4 Å². The number of carbonyl (C=O) groups excluding carboxylic acids is 2. The minimum Gasteiger partial charge on any atom is -0.497 e. The van der Waals surface area contributed by atoms with E-state index in [4.69, 9.17) is 15.2 Å². The lowest BCUT2D eigenvalue weighted by molar-refractivity contribution is -0.135. The van der Waals surface area contributed by atoms with Crippen molar-refractivity contribution in [2.24, 2.45) is 11.7 Å². The molecule has 1 aliphatic heterocycles. The van der Waals surface area contributed by atoms with Crippen LogP contribution in [0.1, 0.15) is 61.3 Å². The normalized spacial score (nSPS) is 14.3. The second-order valence-corrected chi connectivity index (χ2v) is 9.79. The number of nitrogens with zero attached hydrogens (tertiary/aromatic N) is 2. The molecule has 1 aromatic carbocycles. The topological polar surface area (TPSA) is 97.1 Å². The molecule has 0 spiro atoms. The molecular formula is C32H56N4O4. The van der Waals surface area contributed by atoms with Gasteiger partial charge in [-0.3, -0.25) is 9.59 Å². The van der Waals surface area contributed by atoms with Crippen LogP contribution in [0.5, 0.6) is 5.75 Å². The van der Waals surface area contributed by atoms with Gasteiger partial charge in [0.05, 0.1) is 13.7 Å². The van der Waals surface area contributed by atoms with E-state index in [0.29, 0.717) is 19.6 Å². The van der Waals surface area contributed by atoms with Gasteiger partial charge in [0.1, 0.15) is 24.2 Å². The van der Waals surface area contributed by atoms with Crippen LogP contribution in [0.3, 0.4) is 0 Å². The van der Waals surface area contributed by atoms with Crippen LogP contribution < -0.4 is 15.8 Å². The van der Waals surface area contributed by atoms with Gasteiger partial charge in [-0.15, -0.1) is 0 Å². The highest BCUT2D eigenvalue weighted by Crippen LogP contribution is 2.19. The Morgan fingerprint density at radius 2 is 1.85 bits per heavy atom. The molecule has 1 aromatic rings. The van der Waals surface area contributed by atoms with Crippen molar-refractivity contribution in [2.75, 3.05) is 52.8 Å². The quantitative estimate of drug-likeness (QED) is 0.259. The molecule has 1 aliphatic rings. The molecule has 1 atom stereocenters. The molecule has 1 fully saturated rings. The molecule has 2 rings (SSSR count). The minimum absolute atomic E-state index is 0.116. The average Bonchev–Trinajstić information content (AvgIpc) is 3.40. The standard InChI is InChI=1S/C17H26N4O3.C9H14O.C4H10.C2H6/c1-20(2)9-10-24-14-6-3-5-13(11-14)19-12-16(22)21-8-4-7-15(21)17(18)23;1-5-7-8(3)9(6-2)10-4;1-4(2)3;1-2/h3,5-6,11,15,19H,4,7-10,12H2,1-2H3,(H2,18,23);5-7H,3H2,1-2,4H3;4H,1-3H3;1-2H3/b;7-5-,9-6+;;. The SMILES string of the molecule is C=C(/C=C\C)/C(=C\C)OC.CC.CC(C)C.CN(C)CCOc1cccc(NCC(=O)N2CCCC2C(N)=O)c1. The number of nitrogens with two attached hydrogens (primary N) is 1. The zero-order valence-electron chi connectivity index (χ0n) is 26.8. The van der Waals surface area contributed by atoms with Gasteiger partial charge in [-0.25, -0.2) is 0 Å². The highest BCUT2D eigenvalue weighted by atomic mass is 16.5. The van der Waals surface area contributed by atoms with Gasteiger partial charge in [-0.2, -0.15) is 0 Å². The molecule has 1 heterocycles. The first-order valence-corrected chi connectivity index (χ1v) is 14.2. The second-order valence-electron chi connectivity index (χ2n) is 9.79. The molecular weight excluding hydrogens is 504 g/mol. The van der Waals surface area contributed by atoms with Gasteiger partial charge in [0.2, 0.25) is 11.8 Å². The van der Waals surface area contributed by atoms with Crippen LogP contribution in [0, 0.1) is 5.92 Å². The summed E-state index contributed by atoms with van der Waals surface area (Å²) in [6.45, 7) is 20.3. The molecule has 0 bridgehead atoms. The zero-order valence-corrected chi connectivity index (χ0v) is 26.8. The predicted molar refractivity (Wildman–Crippen MR) is 169 cm³/mol. The number of hydrogen-bond acceptors (Lipinski definition) is 6. The van der Waals surface area contributed by atoms with Gasteiger partial charge in [0, 0.05) is 30.4 Å². The first-order valence-electron chi connectivity index (χ1n) is 14.2. The van der Waals surface area contributed by atoms with E-state index in [0.717, 1.165) is 41.7 Å². The maximum Gasteiger partial charge on any atom is 0.242 e. The number of methoxy groups -OCH3 is 1. The average molecular weight is 561 g/mol. The number of anilines is 1. The summed E-state index contributed by atoms with van der Waals surface area (Å²) in [5, 5.41) is 3.09. The number of allylic oxidation sites excluding steroid dienone is 3. The Labute approximate surface area is 244 Å². The molecule has 0 saturated carbocycles. The number of ether oxygens (including phenoxy) is 2. The number of hydrogen-bond donors (Lipinski definition) is 2. The van der Waals surface area contributed by atoms with E-state index < -0.39 is 11.9 Å². The monoisotopic (exact) mass is 560 g/mol. The van der Waals surface area contributed by atoms with Crippen molar-refractivity contribution in [1.29, 1.82) is 0 Å². The van der Waals surface area contributed by atoms with Crippen LogP contribution >= 0.6 is 0 Å². The summed E-state index contributed by atoms with van der Waals surface area (Å²) in [6.07, 6.45) is 7.21. The van der Waals surface area contributed by atoms with Gasteiger partial charge < -0.3 is 30.3 Å². The Hall–Kier alpha value is -3.26. The molecule has 1 saturated heterocycles. The summed E-state index contributed by atoms with van der Waals surface area (Å²) in [4.78, 5) is 27.3. The highest BCUT2D eigenvalue weighted by molar-refractivity contribution is 5.89. The van der Waals surface area contributed by atoms with Gasteiger partial charge in [-0.05, 0) is 64.9 Å². The molecule has 0 radical (unpaired) electrons. The van der Waals surface area contributed by atoms with E-state index in [2.05, 4.69) is 32.7 Å². The fourth-order valence-corrected chi connectivity index (χ4v) is 3.40. The summed E-state index contributed by atoms with van der Waals surface area (Å²) in [7, 11) is 5.62. The van der Waals surface area contributed by atoms with Gasteiger partial charge in [0.15, 0.2) is 0 Å². The van der Waals surface area contributed by atoms with Crippen LogP contribution in [-0.4, -0.2) is 75.1 Å². The Balaban J connectivity index is 0. The van der Waals surface area contributed by atoms with Gasteiger partial charge in [0.25, 0.3) is 0 Å². The first-order chi connectivity index (χ1) is 19.0. The molecule has 40 heavy (non-hydrogen) atoms. The van der Waals surface area contributed by atoms with Crippen LogP contribution in [-0.2, 0) is 14.3 Å². The largest absolute Gasteiger partial charge is 0.497 e. The lowest BCUT2D eigenvalue weighted by Gasteiger charge is -2.22. The van der Waals surface area contributed by atoms with Crippen molar-refractivity contribution in [1.82, 2.24) is 9.80 Å². The Morgan fingerprint density at radius 1 is 1.23 bits per heavy atom. The number of rotatable bonds is 11. The Kier molecular flexibility index (Phi) is 23.0. The molecule has 3 N–H and O–H groups in total. The number of likely N-dealkylation sites (tertiary alicyclic amines) is 1. The molecule has 0 aromatic heterocycles. The third-order valence-corrected chi connectivity index (χ3v) is 5.15. The fraction of sp³-hybridized carbons (Fsp3) is 0.562. The summed E-state index contributed by atoms with van der Waals surface area (Å²) in [5.41, 5.74) is 7.06. The second kappa shape index (κ2) is 23.6. The zero-order chi connectivity index (χ0) is 31.1. The van der Waals surface area contributed by atoms with Crippen molar-refractivity contribution in [3.8, 4) is 5.75 Å². The van der Waals surface area contributed by atoms with E-state index in [1.807, 2.05) is 89.2 Å². The van der Waals surface area contributed by atoms with E-state index in [1.165, 1.54) is 0 Å². The lowest BCUT2D eigenvalue weighted by Crippen LogP contribution is -2.45. The van der Waals surface area contributed by atoms with Crippen molar-refractivity contribution < 1.29 is 19.1 Å². The maximum absolute atomic E-state index is 12.3. The van der Waals surface area contributed by atoms with Crippen molar-refractivity contribution in [2.45, 2.75) is 67.3 Å². The van der Waals surface area contributed by atoms with Crippen molar-refractivity contribution in [3.63, 3.8) is 0 Å². The summed E-state index contributed by atoms with van der Waals surface area (Å²) >= 11 is 0. The van der Waals surface area contributed by atoms with Crippen LogP contribution in [0.4, 0.5) is 5.69 Å². The summed E-state index contributed by atoms with van der Waals surface area (Å²) in [5.74, 6) is 1.87. The fourth-order valence-electron chi connectivity index (χ4n) is 3.40. The smallest absolute Gasteiger partial charge is 0.242 e. The van der Waals surface area contributed by atoms with Gasteiger partial charge in [-0.1, -0.05) is 59.4 Å². The number of carbonyl (C=O) groups is 2. The number of primary amides is 1. The minimum atomic E-state index is -0.472. The molecule has 2 amide bonds. The van der Waals surface area contributed by atoms with Crippen LogP contribution in [0.25, 0.3) is 0 Å². The van der Waals surface area contributed by atoms with E-state index in [-0.39, 0.29) is 12.5 Å².